The number of ether oxygens (including phenoxy) is 1. The monoisotopic (exact) mass is 368 g/mol. The maximum atomic E-state index is 13.1. The van der Waals surface area contributed by atoms with Gasteiger partial charge >= 0.3 is 5.97 Å². The van der Waals surface area contributed by atoms with Gasteiger partial charge in [0.15, 0.2) is 5.78 Å². The number of hydrogen-bond acceptors (Lipinski definition) is 5. The zero-order chi connectivity index (χ0) is 19.6. The zero-order valence-corrected chi connectivity index (χ0v) is 16.6. The molecular weight excluding hydrogens is 340 g/mol. The molecule has 0 unspecified atom stereocenters. The van der Waals surface area contributed by atoms with Gasteiger partial charge in [0.05, 0.1) is 23.8 Å². The van der Waals surface area contributed by atoms with Crippen LogP contribution < -0.4 is 5.32 Å². The molecular formula is C22H28N2O3. The van der Waals surface area contributed by atoms with Crippen molar-refractivity contribution in [1.82, 2.24) is 10.3 Å². The summed E-state index contributed by atoms with van der Waals surface area (Å²) in [5, 5.41) is 3.34. The highest BCUT2D eigenvalue weighted by molar-refractivity contribution is 6.04. The highest BCUT2D eigenvalue weighted by Crippen LogP contribution is 2.46. The zero-order valence-electron chi connectivity index (χ0n) is 16.6. The molecule has 1 aromatic rings. The van der Waals surface area contributed by atoms with Crippen molar-refractivity contribution in [3.05, 3.63) is 52.6 Å². The minimum Gasteiger partial charge on any atom is -0.462 e. The van der Waals surface area contributed by atoms with Crippen molar-refractivity contribution < 1.29 is 14.3 Å². The molecule has 1 aliphatic carbocycles. The molecule has 0 fully saturated rings. The van der Waals surface area contributed by atoms with Crippen molar-refractivity contribution in [3.8, 4) is 0 Å². The molecule has 0 amide bonds. The maximum absolute atomic E-state index is 13.1. The number of nitrogens with one attached hydrogen (secondary N) is 1. The molecule has 1 aliphatic heterocycles. The number of rotatable bonds is 5. The summed E-state index contributed by atoms with van der Waals surface area (Å²) in [6.07, 6.45) is 4.71. The Balaban J connectivity index is 2.06. The Bertz CT molecular complexity index is 806. The Morgan fingerprint density at radius 3 is 2.78 bits per heavy atom. The van der Waals surface area contributed by atoms with Crippen molar-refractivity contribution in [2.24, 2.45) is 5.41 Å². The van der Waals surface area contributed by atoms with Crippen molar-refractivity contribution in [2.75, 3.05) is 6.61 Å². The van der Waals surface area contributed by atoms with Crippen molar-refractivity contribution in [3.63, 3.8) is 0 Å². The van der Waals surface area contributed by atoms with Gasteiger partial charge < -0.3 is 10.1 Å². The number of carbonyl (C=O) groups is 2. The van der Waals surface area contributed by atoms with E-state index in [1.54, 1.807) is 6.20 Å². The number of Topliss-reactive ketones (excluding diaryl/α,β-unsaturated/α-hetero) is 1. The molecule has 0 saturated heterocycles. The Kier molecular flexibility index (Phi) is 5.49. The van der Waals surface area contributed by atoms with Crippen molar-refractivity contribution in [1.29, 1.82) is 0 Å². The molecule has 1 N–H and O–H groups in total. The lowest BCUT2D eigenvalue weighted by molar-refractivity contribution is -0.139. The number of nitrogens with zero attached hydrogens (tertiary/aromatic N) is 1. The number of pyridine rings is 1. The number of hydrogen-bond donors (Lipinski definition) is 1. The standard InChI is InChI=1S/C22H28N2O3/c1-5-6-11-27-21(26)18-14(2)24-16-12-22(3,4)13-17(25)19(16)20(18)15-9-7-8-10-23-15/h7-10,20,24H,5-6,11-13H2,1-4H3/t20-/m0/s1. The molecule has 3 rings (SSSR count). The Morgan fingerprint density at radius 2 is 2.11 bits per heavy atom. The molecule has 1 atom stereocenters. The minimum absolute atomic E-state index is 0.0794. The van der Waals surface area contributed by atoms with Gasteiger partial charge in [-0.2, -0.15) is 0 Å². The number of unbranched alkanes of at least 4 members (excludes halogenated alkanes) is 1. The molecule has 5 heteroatoms. The molecule has 2 heterocycles. The average molecular weight is 368 g/mol. The summed E-state index contributed by atoms with van der Waals surface area (Å²) in [6.45, 7) is 8.51. The Labute approximate surface area is 160 Å². The molecule has 0 spiro atoms. The van der Waals surface area contributed by atoms with E-state index in [0.717, 1.165) is 30.7 Å². The van der Waals surface area contributed by atoms with Crippen LogP contribution >= 0.6 is 0 Å². The van der Waals surface area contributed by atoms with Crippen LogP contribution in [0.15, 0.2) is 46.9 Å². The number of aromatic nitrogens is 1. The van der Waals surface area contributed by atoms with Gasteiger partial charge in [-0.05, 0) is 37.3 Å². The van der Waals surface area contributed by atoms with Gasteiger partial charge in [0.1, 0.15) is 0 Å². The van der Waals surface area contributed by atoms with E-state index in [0.29, 0.717) is 29.9 Å². The Hall–Kier alpha value is -2.43. The number of allylic oxidation sites excluding steroid dienone is 3. The van der Waals surface area contributed by atoms with Crippen molar-refractivity contribution >= 4 is 11.8 Å². The smallest absolute Gasteiger partial charge is 0.336 e. The van der Waals surface area contributed by atoms with E-state index in [-0.39, 0.29) is 17.2 Å². The van der Waals surface area contributed by atoms with Crippen LogP contribution in [0.3, 0.4) is 0 Å². The number of ketones is 1. The van der Waals surface area contributed by atoms with Gasteiger partial charge in [-0.25, -0.2) is 4.79 Å². The first-order valence-corrected chi connectivity index (χ1v) is 9.66. The summed E-state index contributed by atoms with van der Waals surface area (Å²) in [4.78, 5) is 30.4. The summed E-state index contributed by atoms with van der Waals surface area (Å²) < 4.78 is 5.50. The van der Waals surface area contributed by atoms with Crippen LogP contribution in [0.2, 0.25) is 0 Å². The van der Waals surface area contributed by atoms with Crippen LogP contribution in [0.25, 0.3) is 0 Å². The summed E-state index contributed by atoms with van der Waals surface area (Å²) in [5.74, 6) is -0.760. The lowest BCUT2D eigenvalue weighted by Gasteiger charge is -2.39. The largest absolute Gasteiger partial charge is 0.462 e. The number of dihydropyridines is 1. The fourth-order valence-corrected chi connectivity index (χ4v) is 3.94. The number of carbonyl (C=O) groups excluding carboxylic acids is 2. The van der Waals surface area contributed by atoms with E-state index in [9.17, 15) is 9.59 Å². The van der Waals surface area contributed by atoms with Crippen LogP contribution in [0.5, 0.6) is 0 Å². The van der Waals surface area contributed by atoms with Crippen LogP contribution in [-0.4, -0.2) is 23.3 Å². The predicted octanol–water partition coefficient (Wildman–Crippen LogP) is 4.03. The average Bonchev–Trinajstić information content (AvgIpc) is 2.60. The van der Waals surface area contributed by atoms with E-state index in [1.807, 2.05) is 25.1 Å². The second-order valence-corrected chi connectivity index (χ2v) is 8.17. The molecule has 2 aliphatic rings. The third-order valence-corrected chi connectivity index (χ3v) is 5.17. The summed E-state index contributed by atoms with van der Waals surface area (Å²) in [7, 11) is 0. The van der Waals surface area contributed by atoms with E-state index in [2.05, 4.69) is 31.1 Å². The SMILES string of the molecule is CCCCOC(=O)C1=C(C)NC2=C(C(=O)CC(C)(C)C2)[C@H]1c1ccccn1. The Morgan fingerprint density at radius 1 is 1.33 bits per heavy atom. The van der Waals surface area contributed by atoms with E-state index >= 15 is 0 Å². The fraction of sp³-hybridized carbons (Fsp3) is 0.500. The van der Waals surface area contributed by atoms with Crippen molar-refractivity contribution in [2.45, 2.75) is 59.3 Å². The second kappa shape index (κ2) is 7.67. The predicted molar refractivity (Wildman–Crippen MR) is 104 cm³/mol. The molecule has 1 aromatic heterocycles. The van der Waals surface area contributed by atoms with Gasteiger partial charge in [-0.1, -0.05) is 33.3 Å². The minimum atomic E-state index is -0.472. The molecule has 27 heavy (non-hydrogen) atoms. The highest BCUT2D eigenvalue weighted by Gasteiger charge is 2.43. The normalized spacial score (nSPS) is 21.6. The van der Waals surface area contributed by atoms with E-state index in [4.69, 9.17) is 4.74 Å². The van der Waals surface area contributed by atoms with Gasteiger partial charge in [0.2, 0.25) is 0 Å². The topological polar surface area (TPSA) is 68.3 Å². The van der Waals surface area contributed by atoms with Crippen LogP contribution in [0, 0.1) is 5.41 Å². The third kappa shape index (κ3) is 3.97. The molecule has 0 saturated carbocycles. The van der Waals surface area contributed by atoms with E-state index < -0.39 is 5.92 Å². The molecule has 5 nitrogen and oxygen atoms in total. The van der Waals surface area contributed by atoms with E-state index in [1.165, 1.54) is 0 Å². The third-order valence-electron chi connectivity index (χ3n) is 5.17. The van der Waals surface area contributed by atoms with Gasteiger partial charge in [0.25, 0.3) is 0 Å². The van der Waals surface area contributed by atoms with Crippen LogP contribution in [0.1, 0.15) is 65.0 Å². The molecule has 0 bridgehead atoms. The maximum Gasteiger partial charge on any atom is 0.336 e. The fourth-order valence-electron chi connectivity index (χ4n) is 3.94. The summed E-state index contributed by atoms with van der Waals surface area (Å²) in [5.41, 5.74) is 3.43. The first-order valence-electron chi connectivity index (χ1n) is 9.66. The van der Waals surface area contributed by atoms with Crippen LogP contribution in [0.4, 0.5) is 0 Å². The second-order valence-electron chi connectivity index (χ2n) is 8.17. The van der Waals surface area contributed by atoms with Gasteiger partial charge in [0, 0.05) is 29.6 Å². The van der Waals surface area contributed by atoms with Gasteiger partial charge in [-0.3, -0.25) is 9.78 Å². The lowest BCUT2D eigenvalue weighted by Crippen LogP contribution is -2.39. The molecule has 0 aromatic carbocycles. The highest BCUT2D eigenvalue weighted by atomic mass is 16.5. The first kappa shape index (κ1) is 19.3. The summed E-state index contributed by atoms with van der Waals surface area (Å²) >= 11 is 0. The lowest BCUT2D eigenvalue weighted by atomic mass is 9.69. The molecule has 144 valence electrons. The van der Waals surface area contributed by atoms with Crippen LogP contribution in [-0.2, 0) is 14.3 Å². The number of esters is 1. The molecule has 0 radical (unpaired) electrons. The first-order chi connectivity index (χ1) is 12.8. The van der Waals surface area contributed by atoms with Gasteiger partial charge in [-0.15, -0.1) is 0 Å². The quantitative estimate of drug-likeness (QED) is 0.628. The summed E-state index contributed by atoms with van der Waals surface area (Å²) in [6, 6.07) is 5.60.